The molecular formula is C26H25ClF3N3O. The Morgan fingerprint density at radius 3 is 2.38 bits per heavy atom. The molecule has 4 rings (SSSR count). The molecule has 0 saturated heterocycles. The number of pyridine rings is 1. The van der Waals surface area contributed by atoms with E-state index in [2.05, 4.69) is 22.2 Å². The van der Waals surface area contributed by atoms with Crippen molar-refractivity contribution in [3.8, 4) is 0 Å². The van der Waals surface area contributed by atoms with Crippen LogP contribution >= 0.6 is 11.6 Å². The topological polar surface area (TPSA) is 54.0 Å². The molecule has 1 aliphatic rings. The number of amides is 1. The summed E-state index contributed by atoms with van der Waals surface area (Å²) in [5, 5.41) is 7.29. The molecule has 1 amide bonds. The molecule has 2 N–H and O–H groups in total. The van der Waals surface area contributed by atoms with E-state index < -0.39 is 11.9 Å². The molecule has 0 radical (unpaired) electrons. The van der Waals surface area contributed by atoms with Gasteiger partial charge in [-0.15, -0.1) is 0 Å². The van der Waals surface area contributed by atoms with Crippen molar-refractivity contribution in [3.63, 3.8) is 0 Å². The van der Waals surface area contributed by atoms with Gasteiger partial charge in [0.25, 0.3) is 0 Å². The quantitative estimate of drug-likeness (QED) is 0.388. The minimum Gasteiger partial charge on any atom is -0.382 e. The van der Waals surface area contributed by atoms with Crippen molar-refractivity contribution in [2.75, 3.05) is 5.32 Å². The first-order valence-corrected chi connectivity index (χ1v) is 11.5. The third kappa shape index (κ3) is 5.89. The molecule has 1 fully saturated rings. The summed E-state index contributed by atoms with van der Waals surface area (Å²) in [5.74, 6) is -0.162. The maximum atomic E-state index is 13.4. The lowest BCUT2D eigenvalue weighted by molar-refractivity contribution is -0.140. The molecule has 34 heavy (non-hydrogen) atoms. The van der Waals surface area contributed by atoms with Crippen LogP contribution in [0.25, 0.3) is 10.9 Å². The molecule has 1 aliphatic carbocycles. The standard InChI is InChI=1S/C26H25ClF3N3O/c1-16(13-17-5-3-2-4-6-17)25(34)32-20-10-8-19(9-11-20)31-23-15-24(26(28,29)30)33-22-12-7-18(27)14-21(22)23/h2-7,12,14-15,19-20H,1,8-11,13H2,(H,31,33)(H,32,34)/t19-,20+. The first-order chi connectivity index (χ1) is 16.2. The van der Waals surface area contributed by atoms with Crippen LogP contribution in [0.2, 0.25) is 5.02 Å². The van der Waals surface area contributed by atoms with Gasteiger partial charge in [-0.2, -0.15) is 13.2 Å². The highest BCUT2D eigenvalue weighted by molar-refractivity contribution is 6.31. The summed E-state index contributed by atoms with van der Waals surface area (Å²) in [6.07, 6.45) is -1.20. The number of benzene rings is 2. The fourth-order valence-electron chi connectivity index (χ4n) is 4.27. The second-order valence-electron chi connectivity index (χ2n) is 8.65. The van der Waals surface area contributed by atoms with Crippen LogP contribution in [-0.4, -0.2) is 23.0 Å². The Labute approximate surface area is 201 Å². The van der Waals surface area contributed by atoms with Crippen molar-refractivity contribution in [2.24, 2.45) is 0 Å². The van der Waals surface area contributed by atoms with Crippen molar-refractivity contribution in [2.45, 2.75) is 50.4 Å². The van der Waals surface area contributed by atoms with E-state index >= 15 is 0 Å². The van der Waals surface area contributed by atoms with E-state index in [9.17, 15) is 18.0 Å². The van der Waals surface area contributed by atoms with Gasteiger partial charge in [-0.25, -0.2) is 4.98 Å². The Balaban J connectivity index is 1.38. The molecule has 1 heterocycles. The number of hydrogen-bond acceptors (Lipinski definition) is 3. The minimum absolute atomic E-state index is 0.00689. The van der Waals surface area contributed by atoms with Gasteiger partial charge in [0, 0.05) is 40.2 Å². The summed E-state index contributed by atoms with van der Waals surface area (Å²) in [6, 6.07) is 15.3. The van der Waals surface area contributed by atoms with Gasteiger partial charge in [0.05, 0.1) is 5.52 Å². The molecule has 4 nitrogen and oxygen atoms in total. The SMILES string of the molecule is C=C(Cc1ccccc1)C(=O)N[C@H]1CC[C@@H](Nc2cc(C(F)(F)F)nc3ccc(Cl)cc23)CC1. The van der Waals surface area contributed by atoms with Gasteiger partial charge in [-0.3, -0.25) is 4.79 Å². The largest absolute Gasteiger partial charge is 0.433 e. The molecule has 0 spiro atoms. The van der Waals surface area contributed by atoms with Gasteiger partial charge >= 0.3 is 6.18 Å². The smallest absolute Gasteiger partial charge is 0.382 e. The zero-order valence-electron chi connectivity index (χ0n) is 18.5. The van der Waals surface area contributed by atoms with Gasteiger partial charge in [0.1, 0.15) is 5.69 Å². The van der Waals surface area contributed by atoms with E-state index in [1.165, 1.54) is 12.1 Å². The molecule has 0 atom stereocenters. The molecule has 1 aromatic heterocycles. The molecule has 178 valence electrons. The number of fused-ring (bicyclic) bond motifs is 1. The van der Waals surface area contributed by atoms with Crippen LogP contribution in [0.15, 0.2) is 66.7 Å². The molecule has 0 unspecified atom stereocenters. The summed E-state index contributed by atoms with van der Waals surface area (Å²) in [6.45, 7) is 3.92. The monoisotopic (exact) mass is 487 g/mol. The third-order valence-corrected chi connectivity index (χ3v) is 6.30. The molecule has 1 saturated carbocycles. The van der Waals surface area contributed by atoms with Crippen LogP contribution in [0.3, 0.4) is 0 Å². The van der Waals surface area contributed by atoms with Crippen molar-refractivity contribution in [1.82, 2.24) is 10.3 Å². The van der Waals surface area contributed by atoms with Crippen molar-refractivity contribution >= 4 is 34.1 Å². The first kappa shape index (κ1) is 24.1. The predicted octanol–water partition coefficient (Wildman–Crippen LogP) is 6.55. The number of carbonyl (C=O) groups is 1. The van der Waals surface area contributed by atoms with Gasteiger partial charge in [0.2, 0.25) is 5.91 Å². The minimum atomic E-state index is -4.55. The summed E-state index contributed by atoms with van der Waals surface area (Å²) in [4.78, 5) is 16.3. The lowest BCUT2D eigenvalue weighted by atomic mass is 9.90. The Kier molecular flexibility index (Phi) is 7.12. The Morgan fingerprint density at radius 2 is 1.71 bits per heavy atom. The predicted molar refractivity (Wildman–Crippen MR) is 129 cm³/mol. The van der Waals surface area contributed by atoms with E-state index in [1.54, 1.807) is 6.07 Å². The van der Waals surface area contributed by atoms with Crippen LogP contribution in [0.1, 0.15) is 36.9 Å². The fourth-order valence-corrected chi connectivity index (χ4v) is 4.45. The van der Waals surface area contributed by atoms with Gasteiger partial charge in [-0.05, 0) is 55.5 Å². The average molecular weight is 488 g/mol. The Hall–Kier alpha value is -3.06. The number of nitrogens with one attached hydrogen (secondary N) is 2. The molecule has 3 aromatic rings. The zero-order chi connectivity index (χ0) is 24.3. The number of alkyl halides is 3. The maximum absolute atomic E-state index is 13.4. The van der Waals surface area contributed by atoms with Crippen LogP contribution in [0, 0.1) is 0 Å². The van der Waals surface area contributed by atoms with Crippen LogP contribution < -0.4 is 10.6 Å². The second kappa shape index (κ2) is 10.1. The second-order valence-corrected chi connectivity index (χ2v) is 9.08. The van der Waals surface area contributed by atoms with Crippen LogP contribution in [0.5, 0.6) is 0 Å². The van der Waals surface area contributed by atoms with Crippen molar-refractivity contribution < 1.29 is 18.0 Å². The zero-order valence-corrected chi connectivity index (χ0v) is 19.2. The van der Waals surface area contributed by atoms with E-state index in [1.807, 2.05) is 30.3 Å². The summed E-state index contributed by atoms with van der Waals surface area (Å²) < 4.78 is 40.1. The number of aromatic nitrogens is 1. The highest BCUT2D eigenvalue weighted by atomic mass is 35.5. The maximum Gasteiger partial charge on any atom is 0.433 e. The van der Waals surface area contributed by atoms with Gasteiger partial charge in [0.15, 0.2) is 0 Å². The van der Waals surface area contributed by atoms with Crippen molar-refractivity contribution in [3.05, 3.63) is 83.0 Å². The molecule has 8 heteroatoms. The highest BCUT2D eigenvalue weighted by Gasteiger charge is 2.34. The lowest BCUT2D eigenvalue weighted by Gasteiger charge is -2.31. The van der Waals surface area contributed by atoms with Crippen LogP contribution in [-0.2, 0) is 17.4 Å². The lowest BCUT2D eigenvalue weighted by Crippen LogP contribution is -2.40. The number of rotatable bonds is 6. The fraction of sp³-hybridized carbons (Fsp3) is 0.308. The Morgan fingerprint density at radius 1 is 1.03 bits per heavy atom. The molecule has 0 aliphatic heterocycles. The third-order valence-electron chi connectivity index (χ3n) is 6.06. The summed E-state index contributed by atoms with van der Waals surface area (Å²) >= 11 is 6.08. The van der Waals surface area contributed by atoms with Gasteiger partial charge < -0.3 is 10.6 Å². The number of anilines is 1. The van der Waals surface area contributed by atoms with Crippen molar-refractivity contribution in [1.29, 1.82) is 0 Å². The number of halogens is 4. The van der Waals surface area contributed by atoms with E-state index in [0.717, 1.165) is 24.5 Å². The summed E-state index contributed by atoms with van der Waals surface area (Å²) in [5.41, 5.74) is 1.19. The van der Waals surface area contributed by atoms with E-state index in [-0.39, 0.29) is 23.5 Å². The van der Waals surface area contributed by atoms with E-state index in [0.29, 0.717) is 40.9 Å². The summed E-state index contributed by atoms with van der Waals surface area (Å²) in [7, 11) is 0. The normalized spacial score (nSPS) is 18.5. The molecule has 0 bridgehead atoms. The van der Waals surface area contributed by atoms with Crippen LogP contribution in [0.4, 0.5) is 18.9 Å². The number of hydrogen-bond donors (Lipinski definition) is 2. The first-order valence-electron chi connectivity index (χ1n) is 11.2. The molecule has 2 aromatic carbocycles. The highest BCUT2D eigenvalue weighted by Crippen LogP contribution is 2.35. The Bertz CT molecular complexity index is 1190. The number of nitrogens with zero attached hydrogens (tertiary/aromatic N) is 1. The van der Waals surface area contributed by atoms with Gasteiger partial charge in [-0.1, -0.05) is 48.5 Å². The molecular weight excluding hydrogens is 463 g/mol. The van der Waals surface area contributed by atoms with E-state index in [4.69, 9.17) is 11.6 Å². The number of carbonyl (C=O) groups excluding carboxylic acids is 1. The average Bonchev–Trinajstić information content (AvgIpc) is 2.80.